The van der Waals surface area contributed by atoms with Gasteiger partial charge in [0.15, 0.2) is 9.84 Å². The molecular formula is C12H16F3N3O2S. The summed E-state index contributed by atoms with van der Waals surface area (Å²) in [5.41, 5.74) is -2.13. The lowest BCUT2D eigenvalue weighted by Gasteiger charge is -2.39. The van der Waals surface area contributed by atoms with Crippen LogP contribution in [0.5, 0.6) is 0 Å². The molecule has 0 bridgehead atoms. The molecule has 21 heavy (non-hydrogen) atoms. The third-order valence-electron chi connectivity index (χ3n) is 4.52. The number of aromatic nitrogens is 2. The Morgan fingerprint density at radius 1 is 1.48 bits per heavy atom. The summed E-state index contributed by atoms with van der Waals surface area (Å²) >= 11 is 0. The van der Waals surface area contributed by atoms with Crippen molar-refractivity contribution in [3.8, 4) is 0 Å². The van der Waals surface area contributed by atoms with E-state index < -0.39 is 26.7 Å². The molecule has 0 unspecified atom stereocenters. The Morgan fingerprint density at radius 3 is 2.81 bits per heavy atom. The largest absolute Gasteiger partial charge is 0.397 e. The Morgan fingerprint density at radius 2 is 2.24 bits per heavy atom. The predicted molar refractivity (Wildman–Crippen MR) is 69.2 cm³/mol. The Balaban J connectivity index is 1.92. The van der Waals surface area contributed by atoms with Crippen LogP contribution in [0, 0.1) is 5.41 Å². The van der Waals surface area contributed by atoms with E-state index in [1.54, 1.807) is 11.1 Å². The minimum Gasteiger partial charge on any atom is -0.348 e. The van der Waals surface area contributed by atoms with Crippen molar-refractivity contribution in [3.05, 3.63) is 18.2 Å². The number of H-pyrrole nitrogens is 1. The van der Waals surface area contributed by atoms with Gasteiger partial charge in [0.1, 0.15) is 5.82 Å². The summed E-state index contributed by atoms with van der Waals surface area (Å²) in [7, 11) is -3.71. The molecule has 0 spiro atoms. The van der Waals surface area contributed by atoms with Crippen LogP contribution in [0.4, 0.5) is 13.2 Å². The van der Waals surface area contributed by atoms with E-state index in [2.05, 4.69) is 9.97 Å². The minimum absolute atomic E-state index is 0.0763. The summed E-state index contributed by atoms with van der Waals surface area (Å²) in [6.45, 7) is -0.152. The fourth-order valence-electron chi connectivity index (χ4n) is 3.53. The van der Waals surface area contributed by atoms with Crippen LogP contribution >= 0.6 is 0 Å². The van der Waals surface area contributed by atoms with Crippen LogP contribution in [0.2, 0.25) is 0 Å². The maximum atomic E-state index is 13.6. The predicted octanol–water partition coefficient (Wildman–Crippen LogP) is 1.35. The number of fused-ring (bicyclic) bond motifs is 1. The van der Waals surface area contributed by atoms with E-state index in [1.807, 2.05) is 0 Å². The monoisotopic (exact) mass is 323 g/mol. The smallest absolute Gasteiger partial charge is 0.348 e. The number of nitrogens with one attached hydrogen (secondary N) is 1. The lowest BCUT2D eigenvalue weighted by atomic mass is 9.81. The van der Waals surface area contributed by atoms with Crippen molar-refractivity contribution >= 4 is 9.84 Å². The van der Waals surface area contributed by atoms with Gasteiger partial charge in [0.25, 0.3) is 0 Å². The second kappa shape index (κ2) is 4.70. The van der Waals surface area contributed by atoms with E-state index in [4.69, 9.17) is 0 Å². The van der Waals surface area contributed by atoms with E-state index in [0.29, 0.717) is 5.82 Å². The molecule has 0 radical (unpaired) electrons. The average Bonchev–Trinajstić information content (AvgIpc) is 2.96. The van der Waals surface area contributed by atoms with Crippen LogP contribution in [0.1, 0.15) is 18.7 Å². The van der Waals surface area contributed by atoms with Gasteiger partial charge in [0, 0.05) is 25.5 Å². The normalized spacial score (nSPS) is 33.0. The first-order valence-corrected chi connectivity index (χ1v) is 8.45. The van der Waals surface area contributed by atoms with Gasteiger partial charge in [0.2, 0.25) is 0 Å². The molecule has 0 aliphatic carbocycles. The third kappa shape index (κ3) is 2.36. The number of imidazole rings is 1. The van der Waals surface area contributed by atoms with Crippen molar-refractivity contribution in [2.45, 2.75) is 30.8 Å². The highest BCUT2D eigenvalue weighted by molar-refractivity contribution is 7.92. The standard InChI is InChI=1S/C12H16F3N3O2S/c13-12(14,15)11-2-1-5-21(19,20)9(11)6-18(8-11)7-10-16-3-4-17-10/h3-4,9H,1-2,5-8H2,(H,16,17)/t9-,11-/m1/s1. The molecule has 2 fully saturated rings. The quantitative estimate of drug-likeness (QED) is 0.892. The third-order valence-corrected chi connectivity index (χ3v) is 6.85. The van der Waals surface area contributed by atoms with E-state index >= 15 is 0 Å². The van der Waals surface area contributed by atoms with Crippen LogP contribution in [0.15, 0.2) is 12.4 Å². The molecule has 1 aromatic rings. The van der Waals surface area contributed by atoms with Crippen molar-refractivity contribution in [1.29, 1.82) is 0 Å². The molecule has 2 saturated heterocycles. The molecule has 2 aliphatic rings. The van der Waals surface area contributed by atoms with Gasteiger partial charge in [0.05, 0.1) is 23.0 Å². The van der Waals surface area contributed by atoms with Gasteiger partial charge < -0.3 is 4.98 Å². The summed E-state index contributed by atoms with van der Waals surface area (Å²) in [4.78, 5) is 8.37. The Kier molecular flexibility index (Phi) is 3.32. The van der Waals surface area contributed by atoms with Gasteiger partial charge in [-0.3, -0.25) is 4.90 Å². The number of sulfone groups is 1. The summed E-state index contributed by atoms with van der Waals surface area (Å²) in [5, 5.41) is -1.35. The summed E-state index contributed by atoms with van der Waals surface area (Å²) in [6, 6.07) is 0. The van der Waals surface area contributed by atoms with Gasteiger partial charge in [-0.2, -0.15) is 13.2 Å². The maximum absolute atomic E-state index is 13.6. The lowest BCUT2D eigenvalue weighted by molar-refractivity contribution is -0.221. The molecule has 3 rings (SSSR count). The number of aromatic amines is 1. The second-order valence-corrected chi connectivity index (χ2v) is 8.12. The zero-order chi connectivity index (χ0) is 15.3. The van der Waals surface area contributed by atoms with E-state index in [0.717, 1.165) is 0 Å². The number of alkyl halides is 3. The van der Waals surface area contributed by atoms with E-state index in [1.165, 1.54) is 6.20 Å². The van der Waals surface area contributed by atoms with Crippen LogP contribution < -0.4 is 0 Å². The summed E-state index contributed by atoms with van der Waals surface area (Å²) in [6.07, 6.45) is -1.44. The molecule has 0 saturated carbocycles. The van der Waals surface area contributed by atoms with Crippen LogP contribution in [-0.2, 0) is 16.4 Å². The van der Waals surface area contributed by atoms with Crippen molar-refractivity contribution in [2.75, 3.05) is 18.8 Å². The molecule has 9 heteroatoms. The molecule has 0 amide bonds. The first-order valence-electron chi connectivity index (χ1n) is 6.73. The van der Waals surface area contributed by atoms with Crippen molar-refractivity contribution in [2.24, 2.45) is 5.41 Å². The second-order valence-electron chi connectivity index (χ2n) is 5.82. The minimum atomic E-state index is -4.51. The SMILES string of the molecule is O=S1(=O)CCC[C@@]2(C(F)(F)F)CN(Cc3ncc[nH]3)C[C@H]21. The fourth-order valence-corrected chi connectivity index (χ4v) is 5.82. The molecule has 5 nitrogen and oxygen atoms in total. The molecule has 1 aromatic heterocycles. The van der Waals surface area contributed by atoms with E-state index in [-0.39, 0.29) is 38.2 Å². The van der Waals surface area contributed by atoms with Gasteiger partial charge in [-0.1, -0.05) is 0 Å². The van der Waals surface area contributed by atoms with Gasteiger partial charge in [-0.05, 0) is 12.8 Å². The lowest BCUT2D eigenvalue weighted by Crippen LogP contribution is -2.53. The highest BCUT2D eigenvalue weighted by Crippen LogP contribution is 2.53. The number of halogens is 3. The molecule has 2 atom stereocenters. The Hall–Kier alpha value is -1.09. The molecular weight excluding hydrogens is 307 g/mol. The summed E-state index contributed by atoms with van der Waals surface area (Å²) < 4.78 is 64.9. The fraction of sp³-hybridized carbons (Fsp3) is 0.750. The Bertz CT molecular complexity index is 614. The van der Waals surface area contributed by atoms with Gasteiger partial charge in [-0.15, -0.1) is 0 Å². The number of hydrogen-bond acceptors (Lipinski definition) is 4. The topological polar surface area (TPSA) is 66.1 Å². The number of nitrogens with zero attached hydrogens (tertiary/aromatic N) is 2. The van der Waals surface area contributed by atoms with Crippen LogP contribution in [-0.4, -0.2) is 53.6 Å². The highest BCUT2D eigenvalue weighted by Gasteiger charge is 2.67. The zero-order valence-electron chi connectivity index (χ0n) is 11.2. The number of rotatable bonds is 2. The van der Waals surface area contributed by atoms with Crippen molar-refractivity contribution < 1.29 is 21.6 Å². The highest BCUT2D eigenvalue weighted by atomic mass is 32.2. The summed E-state index contributed by atoms with van der Waals surface area (Å²) in [5.74, 6) is 0.396. The van der Waals surface area contributed by atoms with Crippen molar-refractivity contribution in [3.63, 3.8) is 0 Å². The zero-order valence-corrected chi connectivity index (χ0v) is 12.0. The van der Waals surface area contributed by atoms with Gasteiger partial charge in [-0.25, -0.2) is 13.4 Å². The van der Waals surface area contributed by atoms with E-state index in [9.17, 15) is 21.6 Å². The number of likely N-dealkylation sites (tertiary alicyclic amines) is 1. The number of hydrogen-bond donors (Lipinski definition) is 1. The van der Waals surface area contributed by atoms with Crippen LogP contribution in [0.3, 0.4) is 0 Å². The Labute approximate surface area is 120 Å². The molecule has 118 valence electrons. The maximum Gasteiger partial charge on any atom is 0.397 e. The first kappa shape index (κ1) is 14.8. The van der Waals surface area contributed by atoms with Crippen LogP contribution in [0.25, 0.3) is 0 Å². The molecule has 3 heterocycles. The average molecular weight is 323 g/mol. The molecule has 1 N–H and O–H groups in total. The molecule has 2 aliphatic heterocycles. The van der Waals surface area contributed by atoms with Crippen molar-refractivity contribution in [1.82, 2.24) is 14.9 Å². The van der Waals surface area contributed by atoms with Gasteiger partial charge >= 0.3 is 6.18 Å². The molecule has 0 aromatic carbocycles. The first-order chi connectivity index (χ1) is 9.75.